The molecular weight excluding hydrogens is 110 g/mol. The SMILES string of the molecule is C=CCCN(C)C(C)C. The Labute approximate surface area is 58.4 Å². The van der Waals surface area contributed by atoms with Crippen LogP contribution in [0.1, 0.15) is 20.3 Å². The molecule has 0 bridgehead atoms. The Balaban J connectivity index is 3.26. The van der Waals surface area contributed by atoms with Gasteiger partial charge in [-0.15, -0.1) is 6.58 Å². The zero-order valence-electron chi connectivity index (χ0n) is 6.72. The van der Waals surface area contributed by atoms with Gasteiger partial charge in [0, 0.05) is 12.6 Å². The number of rotatable bonds is 4. The molecule has 0 aromatic heterocycles. The molecular formula is C8H17N. The van der Waals surface area contributed by atoms with Gasteiger partial charge in [-0.25, -0.2) is 0 Å². The highest BCUT2D eigenvalue weighted by Crippen LogP contribution is 1.94. The molecule has 1 heteroatoms. The van der Waals surface area contributed by atoms with Crippen LogP contribution in [-0.2, 0) is 0 Å². The molecule has 0 aromatic carbocycles. The summed E-state index contributed by atoms with van der Waals surface area (Å²) >= 11 is 0. The van der Waals surface area contributed by atoms with Crippen molar-refractivity contribution in [3.63, 3.8) is 0 Å². The summed E-state index contributed by atoms with van der Waals surface area (Å²) in [5, 5.41) is 0. The predicted octanol–water partition coefficient (Wildman–Crippen LogP) is 1.90. The lowest BCUT2D eigenvalue weighted by Crippen LogP contribution is -2.26. The summed E-state index contributed by atoms with van der Waals surface area (Å²) < 4.78 is 0. The zero-order valence-corrected chi connectivity index (χ0v) is 6.72. The van der Waals surface area contributed by atoms with Gasteiger partial charge in [0.1, 0.15) is 0 Å². The molecule has 0 N–H and O–H groups in total. The Bertz CT molecular complexity index is 76.6. The van der Waals surface area contributed by atoms with Crippen LogP contribution in [0.15, 0.2) is 12.7 Å². The molecule has 0 fully saturated rings. The van der Waals surface area contributed by atoms with E-state index in [0.717, 1.165) is 13.0 Å². The van der Waals surface area contributed by atoms with Crippen molar-refractivity contribution in [3.8, 4) is 0 Å². The molecule has 0 amide bonds. The maximum Gasteiger partial charge on any atom is 0.00356 e. The van der Waals surface area contributed by atoms with E-state index in [-0.39, 0.29) is 0 Å². The van der Waals surface area contributed by atoms with Crippen molar-refractivity contribution in [2.75, 3.05) is 13.6 Å². The molecule has 0 aliphatic carbocycles. The smallest absolute Gasteiger partial charge is 0.00356 e. The zero-order chi connectivity index (χ0) is 7.28. The molecule has 0 aromatic rings. The highest BCUT2D eigenvalue weighted by atomic mass is 15.1. The quantitative estimate of drug-likeness (QED) is 0.521. The van der Waals surface area contributed by atoms with Crippen LogP contribution in [0.5, 0.6) is 0 Å². The fourth-order valence-electron chi connectivity index (χ4n) is 0.553. The third kappa shape index (κ3) is 4.22. The third-order valence-electron chi connectivity index (χ3n) is 1.57. The Morgan fingerprint density at radius 3 is 2.44 bits per heavy atom. The van der Waals surface area contributed by atoms with Crippen molar-refractivity contribution >= 4 is 0 Å². The van der Waals surface area contributed by atoms with E-state index in [0.29, 0.717) is 6.04 Å². The lowest BCUT2D eigenvalue weighted by Gasteiger charge is -2.19. The first-order chi connectivity index (χ1) is 4.18. The third-order valence-corrected chi connectivity index (χ3v) is 1.57. The minimum absolute atomic E-state index is 0.657. The molecule has 0 saturated carbocycles. The normalized spacial score (nSPS) is 10.8. The lowest BCUT2D eigenvalue weighted by atomic mass is 10.3. The summed E-state index contributed by atoms with van der Waals surface area (Å²) in [4.78, 5) is 2.31. The average molecular weight is 127 g/mol. The van der Waals surface area contributed by atoms with Gasteiger partial charge in [0.2, 0.25) is 0 Å². The summed E-state index contributed by atoms with van der Waals surface area (Å²) in [6.07, 6.45) is 3.05. The summed E-state index contributed by atoms with van der Waals surface area (Å²) in [6, 6.07) is 0.657. The van der Waals surface area contributed by atoms with Crippen molar-refractivity contribution in [2.24, 2.45) is 0 Å². The number of hydrogen-bond donors (Lipinski definition) is 0. The van der Waals surface area contributed by atoms with Crippen molar-refractivity contribution < 1.29 is 0 Å². The van der Waals surface area contributed by atoms with Crippen LogP contribution < -0.4 is 0 Å². The fraction of sp³-hybridized carbons (Fsp3) is 0.750. The minimum Gasteiger partial charge on any atom is -0.304 e. The summed E-state index contributed by atoms with van der Waals surface area (Å²) in [6.45, 7) is 9.19. The van der Waals surface area contributed by atoms with Gasteiger partial charge in [0.25, 0.3) is 0 Å². The van der Waals surface area contributed by atoms with Gasteiger partial charge in [-0.2, -0.15) is 0 Å². The highest BCUT2D eigenvalue weighted by Gasteiger charge is 1.98. The molecule has 0 atom stereocenters. The number of nitrogens with zero attached hydrogens (tertiary/aromatic N) is 1. The van der Waals surface area contributed by atoms with Crippen LogP contribution in [0.3, 0.4) is 0 Å². The molecule has 0 radical (unpaired) electrons. The average Bonchev–Trinajstić information content (AvgIpc) is 1.82. The summed E-state index contributed by atoms with van der Waals surface area (Å²) in [5.74, 6) is 0. The number of hydrogen-bond acceptors (Lipinski definition) is 1. The topological polar surface area (TPSA) is 3.24 Å². The van der Waals surface area contributed by atoms with Crippen molar-refractivity contribution in [2.45, 2.75) is 26.3 Å². The van der Waals surface area contributed by atoms with E-state index in [4.69, 9.17) is 0 Å². The fourth-order valence-corrected chi connectivity index (χ4v) is 0.553. The van der Waals surface area contributed by atoms with E-state index < -0.39 is 0 Å². The first kappa shape index (κ1) is 8.70. The van der Waals surface area contributed by atoms with E-state index in [1.807, 2.05) is 6.08 Å². The van der Waals surface area contributed by atoms with E-state index >= 15 is 0 Å². The van der Waals surface area contributed by atoms with Gasteiger partial charge in [0.15, 0.2) is 0 Å². The van der Waals surface area contributed by atoms with Gasteiger partial charge in [-0.1, -0.05) is 6.08 Å². The molecule has 0 heterocycles. The molecule has 0 unspecified atom stereocenters. The van der Waals surface area contributed by atoms with Gasteiger partial charge in [-0.3, -0.25) is 0 Å². The molecule has 0 spiro atoms. The van der Waals surface area contributed by atoms with Crippen LogP contribution >= 0.6 is 0 Å². The Morgan fingerprint density at radius 2 is 2.11 bits per heavy atom. The maximum absolute atomic E-state index is 3.67. The van der Waals surface area contributed by atoms with Gasteiger partial charge in [0.05, 0.1) is 0 Å². The van der Waals surface area contributed by atoms with E-state index in [9.17, 15) is 0 Å². The Hall–Kier alpha value is -0.300. The molecule has 9 heavy (non-hydrogen) atoms. The van der Waals surface area contributed by atoms with Gasteiger partial charge in [-0.05, 0) is 27.3 Å². The second-order valence-electron chi connectivity index (χ2n) is 2.65. The van der Waals surface area contributed by atoms with Crippen molar-refractivity contribution in [3.05, 3.63) is 12.7 Å². The molecule has 0 saturated heterocycles. The monoisotopic (exact) mass is 127 g/mol. The first-order valence-corrected chi connectivity index (χ1v) is 3.49. The van der Waals surface area contributed by atoms with Crippen molar-refractivity contribution in [1.82, 2.24) is 4.90 Å². The summed E-state index contributed by atoms with van der Waals surface area (Å²) in [7, 11) is 2.13. The second kappa shape index (κ2) is 4.57. The Kier molecular flexibility index (Phi) is 4.41. The van der Waals surface area contributed by atoms with Crippen LogP contribution in [-0.4, -0.2) is 24.5 Å². The molecule has 1 nitrogen and oxygen atoms in total. The highest BCUT2D eigenvalue weighted by molar-refractivity contribution is 4.69. The van der Waals surface area contributed by atoms with E-state index in [2.05, 4.69) is 32.4 Å². The molecule has 0 aliphatic heterocycles. The van der Waals surface area contributed by atoms with Gasteiger partial charge < -0.3 is 4.90 Å². The lowest BCUT2D eigenvalue weighted by molar-refractivity contribution is 0.279. The largest absolute Gasteiger partial charge is 0.304 e. The van der Waals surface area contributed by atoms with Crippen LogP contribution in [0, 0.1) is 0 Å². The maximum atomic E-state index is 3.67. The van der Waals surface area contributed by atoms with E-state index in [1.165, 1.54) is 0 Å². The standard InChI is InChI=1S/C8H17N/c1-5-6-7-9(4)8(2)3/h5,8H,1,6-7H2,2-4H3. The van der Waals surface area contributed by atoms with Crippen LogP contribution in [0.4, 0.5) is 0 Å². The molecule has 54 valence electrons. The van der Waals surface area contributed by atoms with Crippen LogP contribution in [0.2, 0.25) is 0 Å². The van der Waals surface area contributed by atoms with Gasteiger partial charge >= 0.3 is 0 Å². The van der Waals surface area contributed by atoms with Crippen molar-refractivity contribution in [1.29, 1.82) is 0 Å². The minimum atomic E-state index is 0.657. The molecule has 0 aliphatic rings. The van der Waals surface area contributed by atoms with E-state index in [1.54, 1.807) is 0 Å². The van der Waals surface area contributed by atoms with Crippen LogP contribution in [0.25, 0.3) is 0 Å². The molecule has 0 rings (SSSR count). The first-order valence-electron chi connectivity index (χ1n) is 3.49. The summed E-state index contributed by atoms with van der Waals surface area (Å²) in [5.41, 5.74) is 0. The predicted molar refractivity (Wildman–Crippen MR) is 42.6 cm³/mol. The second-order valence-corrected chi connectivity index (χ2v) is 2.65. The Morgan fingerprint density at radius 1 is 1.56 bits per heavy atom.